The molecule has 0 bridgehead atoms. The van der Waals surface area contributed by atoms with Crippen LogP contribution in [-0.4, -0.2) is 64.4 Å². The molecule has 1 aromatic rings. The number of thioether (sulfide) groups is 1. The Morgan fingerprint density at radius 3 is 2.59 bits per heavy atom. The summed E-state index contributed by atoms with van der Waals surface area (Å²) in [6.07, 6.45) is 5.57. The molecule has 0 spiro atoms. The Morgan fingerprint density at radius 1 is 1.23 bits per heavy atom. The summed E-state index contributed by atoms with van der Waals surface area (Å²) in [4.78, 5) is 16.7. The van der Waals surface area contributed by atoms with E-state index in [4.69, 9.17) is 4.42 Å². The minimum Gasteiger partial charge on any atom is -0.416 e. The molecule has 0 N–H and O–H groups in total. The van der Waals surface area contributed by atoms with E-state index in [9.17, 15) is 4.79 Å². The van der Waals surface area contributed by atoms with E-state index in [1.807, 2.05) is 4.90 Å². The first-order valence-corrected chi connectivity index (χ1v) is 9.12. The highest BCUT2D eigenvalue weighted by molar-refractivity contribution is 7.99. The van der Waals surface area contributed by atoms with Crippen LogP contribution in [0.2, 0.25) is 0 Å². The van der Waals surface area contributed by atoms with Crippen LogP contribution in [0.15, 0.2) is 9.64 Å². The molecule has 0 unspecified atom stereocenters. The fourth-order valence-electron chi connectivity index (χ4n) is 3.29. The zero-order chi connectivity index (χ0) is 15.4. The van der Waals surface area contributed by atoms with Crippen molar-refractivity contribution in [1.82, 2.24) is 20.0 Å². The second-order valence-corrected chi connectivity index (χ2v) is 7.13. The lowest BCUT2D eigenvalue weighted by Crippen LogP contribution is -2.50. The molecule has 22 heavy (non-hydrogen) atoms. The molecule has 2 heterocycles. The highest BCUT2D eigenvalue weighted by atomic mass is 32.2. The number of aromatic nitrogens is 2. The molecule has 122 valence electrons. The third-order valence-corrected chi connectivity index (χ3v) is 5.35. The fraction of sp³-hybridized carbons (Fsp3) is 0.800. The van der Waals surface area contributed by atoms with Crippen molar-refractivity contribution in [1.29, 1.82) is 0 Å². The maximum Gasteiger partial charge on any atom is 0.277 e. The molecule has 1 aromatic heterocycles. The Morgan fingerprint density at radius 2 is 1.95 bits per heavy atom. The number of carbonyl (C=O) groups excluding carboxylic acids is 1. The first-order valence-electron chi connectivity index (χ1n) is 8.14. The van der Waals surface area contributed by atoms with Crippen molar-refractivity contribution in [2.24, 2.45) is 5.92 Å². The molecular formula is C15H24N4O2S. The lowest BCUT2D eigenvalue weighted by Gasteiger charge is -2.35. The average Bonchev–Trinajstić information content (AvgIpc) is 3.17. The molecule has 1 amide bonds. The van der Waals surface area contributed by atoms with Crippen molar-refractivity contribution in [2.75, 3.05) is 38.5 Å². The van der Waals surface area contributed by atoms with Crippen molar-refractivity contribution >= 4 is 17.7 Å². The molecule has 2 aliphatic rings. The summed E-state index contributed by atoms with van der Waals surface area (Å²) >= 11 is 1.32. The molecule has 1 saturated heterocycles. The molecule has 0 radical (unpaired) electrons. The van der Waals surface area contributed by atoms with E-state index in [2.05, 4.69) is 15.1 Å². The van der Waals surface area contributed by atoms with Gasteiger partial charge in [-0.05, 0) is 18.8 Å². The SMILES string of the molecule is Cc1nnc(SCC(=O)N2CCN(CC3CCCC3)CC2)o1. The van der Waals surface area contributed by atoms with Crippen molar-refractivity contribution in [2.45, 2.75) is 37.8 Å². The standard InChI is InChI=1S/C15H24N4O2S/c1-12-16-17-15(21-12)22-11-14(20)19-8-6-18(7-9-19)10-13-4-2-3-5-13/h13H,2-11H2,1H3. The van der Waals surface area contributed by atoms with Gasteiger partial charge < -0.3 is 9.32 Å². The molecule has 3 rings (SSSR count). The van der Waals surface area contributed by atoms with E-state index >= 15 is 0 Å². The molecule has 1 aliphatic carbocycles. The molecule has 2 fully saturated rings. The Kier molecular flexibility index (Phi) is 5.36. The normalized spacial score (nSPS) is 20.7. The lowest BCUT2D eigenvalue weighted by atomic mass is 10.1. The number of amides is 1. The summed E-state index contributed by atoms with van der Waals surface area (Å²) in [6, 6.07) is 0. The van der Waals surface area contributed by atoms with Gasteiger partial charge in [0.1, 0.15) is 0 Å². The predicted molar refractivity (Wildman–Crippen MR) is 84.7 cm³/mol. The summed E-state index contributed by atoms with van der Waals surface area (Å²) in [5.74, 6) is 1.97. The van der Waals surface area contributed by atoms with Gasteiger partial charge in [-0.3, -0.25) is 9.69 Å². The van der Waals surface area contributed by atoms with E-state index in [1.165, 1.54) is 44.0 Å². The first kappa shape index (κ1) is 15.8. The molecular weight excluding hydrogens is 300 g/mol. The van der Waals surface area contributed by atoms with Gasteiger partial charge in [0.05, 0.1) is 5.75 Å². The maximum absolute atomic E-state index is 12.2. The Hall–Kier alpha value is -1.08. The molecule has 7 heteroatoms. The Bertz CT molecular complexity index is 493. The molecule has 6 nitrogen and oxygen atoms in total. The van der Waals surface area contributed by atoms with Gasteiger partial charge in [-0.25, -0.2) is 0 Å². The van der Waals surface area contributed by atoms with Gasteiger partial charge in [-0.2, -0.15) is 0 Å². The van der Waals surface area contributed by atoms with Gasteiger partial charge in [0, 0.05) is 39.6 Å². The van der Waals surface area contributed by atoms with Gasteiger partial charge in [0.2, 0.25) is 11.8 Å². The van der Waals surface area contributed by atoms with Crippen LogP contribution in [0.3, 0.4) is 0 Å². The Balaban J connectivity index is 1.37. The van der Waals surface area contributed by atoms with Gasteiger partial charge >= 0.3 is 0 Å². The minimum absolute atomic E-state index is 0.168. The van der Waals surface area contributed by atoms with E-state index in [-0.39, 0.29) is 5.91 Å². The van der Waals surface area contributed by atoms with E-state index in [1.54, 1.807) is 6.92 Å². The van der Waals surface area contributed by atoms with Gasteiger partial charge in [-0.15, -0.1) is 10.2 Å². The highest BCUT2D eigenvalue weighted by Gasteiger charge is 2.24. The van der Waals surface area contributed by atoms with Crippen LogP contribution >= 0.6 is 11.8 Å². The van der Waals surface area contributed by atoms with Gasteiger partial charge in [0.25, 0.3) is 5.22 Å². The van der Waals surface area contributed by atoms with Gasteiger partial charge in [0.15, 0.2) is 0 Å². The van der Waals surface area contributed by atoms with E-state index in [0.29, 0.717) is 16.9 Å². The van der Waals surface area contributed by atoms with Crippen LogP contribution in [0.1, 0.15) is 31.6 Å². The number of hydrogen-bond donors (Lipinski definition) is 0. The topological polar surface area (TPSA) is 62.5 Å². The van der Waals surface area contributed by atoms with Crippen LogP contribution in [0, 0.1) is 12.8 Å². The lowest BCUT2D eigenvalue weighted by molar-refractivity contribution is -0.130. The van der Waals surface area contributed by atoms with E-state index in [0.717, 1.165) is 32.1 Å². The number of aryl methyl sites for hydroxylation is 1. The summed E-state index contributed by atoms with van der Waals surface area (Å²) in [7, 11) is 0. The average molecular weight is 324 g/mol. The quantitative estimate of drug-likeness (QED) is 0.770. The van der Waals surface area contributed by atoms with Crippen LogP contribution in [-0.2, 0) is 4.79 Å². The zero-order valence-electron chi connectivity index (χ0n) is 13.2. The van der Waals surface area contributed by atoms with Crippen molar-refractivity contribution in [3.8, 4) is 0 Å². The molecule has 1 saturated carbocycles. The van der Waals surface area contributed by atoms with Crippen molar-refractivity contribution < 1.29 is 9.21 Å². The number of rotatable bonds is 5. The van der Waals surface area contributed by atoms with Crippen molar-refractivity contribution in [3.63, 3.8) is 0 Å². The maximum atomic E-state index is 12.2. The smallest absolute Gasteiger partial charge is 0.277 e. The van der Waals surface area contributed by atoms with E-state index < -0.39 is 0 Å². The third-order valence-electron chi connectivity index (χ3n) is 4.54. The fourth-order valence-corrected chi connectivity index (χ4v) is 4.00. The van der Waals surface area contributed by atoms with Crippen LogP contribution < -0.4 is 0 Å². The largest absolute Gasteiger partial charge is 0.416 e. The summed E-state index contributed by atoms with van der Waals surface area (Å²) in [5.41, 5.74) is 0. The second kappa shape index (κ2) is 7.46. The number of piperazine rings is 1. The third kappa shape index (κ3) is 4.23. The molecule has 1 aliphatic heterocycles. The predicted octanol–water partition coefficient (Wildman–Crippen LogP) is 1.80. The first-order chi connectivity index (χ1) is 10.7. The number of carbonyl (C=O) groups is 1. The summed E-state index contributed by atoms with van der Waals surface area (Å²) < 4.78 is 5.27. The molecule has 0 aromatic carbocycles. The monoisotopic (exact) mass is 324 g/mol. The Labute approximate surface area is 135 Å². The number of hydrogen-bond acceptors (Lipinski definition) is 6. The second-order valence-electron chi connectivity index (χ2n) is 6.21. The van der Waals surface area contributed by atoms with Gasteiger partial charge in [-0.1, -0.05) is 24.6 Å². The van der Waals surface area contributed by atoms with Crippen LogP contribution in [0.5, 0.6) is 0 Å². The van der Waals surface area contributed by atoms with Crippen LogP contribution in [0.25, 0.3) is 0 Å². The minimum atomic E-state index is 0.168. The molecule has 0 atom stereocenters. The summed E-state index contributed by atoms with van der Waals surface area (Å²) in [5, 5.41) is 8.14. The van der Waals surface area contributed by atoms with Crippen LogP contribution in [0.4, 0.5) is 0 Å². The van der Waals surface area contributed by atoms with Crippen molar-refractivity contribution in [3.05, 3.63) is 5.89 Å². The zero-order valence-corrected chi connectivity index (χ0v) is 14.0. The highest BCUT2D eigenvalue weighted by Crippen LogP contribution is 2.26. The number of nitrogens with zero attached hydrogens (tertiary/aromatic N) is 4. The summed E-state index contributed by atoms with van der Waals surface area (Å²) in [6.45, 7) is 6.67.